The zero-order valence-corrected chi connectivity index (χ0v) is 13.7. The Balaban J connectivity index is 2.38. The zero-order valence-electron chi connectivity index (χ0n) is 13.7. The van der Waals surface area contributed by atoms with Crippen LogP contribution in [0, 0.1) is 0 Å². The van der Waals surface area contributed by atoms with Gasteiger partial charge in [-0.15, -0.1) is 0 Å². The van der Waals surface area contributed by atoms with Gasteiger partial charge in [0.2, 0.25) is 0 Å². The molecule has 1 aliphatic heterocycles. The van der Waals surface area contributed by atoms with Gasteiger partial charge in [-0.05, 0) is 27.9 Å². The van der Waals surface area contributed by atoms with Crippen LogP contribution in [0.3, 0.4) is 0 Å². The van der Waals surface area contributed by atoms with Gasteiger partial charge in [-0.2, -0.15) is 5.10 Å². The van der Waals surface area contributed by atoms with Gasteiger partial charge in [0, 0.05) is 31.7 Å². The van der Waals surface area contributed by atoms with Gasteiger partial charge in [0.15, 0.2) is 5.75 Å². The molecule has 0 aromatic carbocycles. The molecule has 1 fully saturated rings. The van der Waals surface area contributed by atoms with Crippen LogP contribution >= 0.6 is 0 Å². The molecule has 0 spiro atoms. The Morgan fingerprint density at radius 1 is 1.38 bits per heavy atom. The normalized spacial score (nSPS) is 22.7. The van der Waals surface area contributed by atoms with Crippen molar-refractivity contribution < 1.29 is 4.74 Å². The lowest BCUT2D eigenvalue weighted by Gasteiger charge is -2.41. The number of nitrogens with zero attached hydrogens (tertiary/aromatic N) is 4. The van der Waals surface area contributed by atoms with Crippen molar-refractivity contribution in [3.63, 3.8) is 0 Å². The maximum atomic E-state index is 5.90. The van der Waals surface area contributed by atoms with E-state index in [-0.39, 0.29) is 18.1 Å². The van der Waals surface area contributed by atoms with E-state index in [2.05, 4.69) is 48.3 Å². The number of rotatable bonds is 5. The highest BCUT2D eigenvalue weighted by atomic mass is 16.5. The maximum Gasteiger partial charge on any atom is 0.161 e. The molecule has 2 heterocycles. The Hall–Kier alpha value is -1.15. The lowest BCUT2D eigenvalue weighted by Crippen LogP contribution is -2.56. The lowest BCUT2D eigenvalue weighted by atomic mass is 10.0. The third kappa shape index (κ3) is 3.21. The Kier molecular flexibility index (Phi) is 5.21. The summed E-state index contributed by atoms with van der Waals surface area (Å²) in [5.41, 5.74) is 4.00. The second-order valence-electron chi connectivity index (χ2n) is 6.09. The van der Waals surface area contributed by atoms with Gasteiger partial charge in [0.25, 0.3) is 0 Å². The number of methoxy groups -OCH3 is 1. The fraction of sp³-hybridized carbons (Fsp3) is 0.786. The van der Waals surface area contributed by atoms with E-state index in [1.165, 1.54) is 0 Å². The Labute approximate surface area is 127 Å². The van der Waals surface area contributed by atoms with Gasteiger partial charge in [-0.1, -0.05) is 0 Å². The van der Waals surface area contributed by atoms with Gasteiger partial charge in [0.05, 0.1) is 19.3 Å². The van der Waals surface area contributed by atoms with Gasteiger partial charge in [-0.3, -0.25) is 15.4 Å². The molecule has 1 aromatic heterocycles. The van der Waals surface area contributed by atoms with Crippen molar-refractivity contribution in [1.29, 1.82) is 0 Å². The van der Waals surface area contributed by atoms with Gasteiger partial charge < -0.3 is 9.64 Å². The fourth-order valence-corrected chi connectivity index (χ4v) is 3.00. The highest BCUT2D eigenvalue weighted by Crippen LogP contribution is 2.31. The summed E-state index contributed by atoms with van der Waals surface area (Å²) >= 11 is 0. The van der Waals surface area contributed by atoms with E-state index in [1.54, 1.807) is 13.3 Å². The summed E-state index contributed by atoms with van der Waals surface area (Å²) in [5, 5.41) is 4.46. The predicted octanol–water partition coefficient (Wildman–Crippen LogP) is 0.223. The van der Waals surface area contributed by atoms with E-state index >= 15 is 0 Å². The van der Waals surface area contributed by atoms with Crippen molar-refractivity contribution in [1.82, 2.24) is 25.0 Å². The average Bonchev–Trinajstić information content (AvgIpc) is 2.87. The van der Waals surface area contributed by atoms with Crippen LogP contribution in [0.5, 0.6) is 5.75 Å². The van der Waals surface area contributed by atoms with Crippen molar-refractivity contribution >= 4 is 0 Å². The highest BCUT2D eigenvalue weighted by molar-refractivity contribution is 5.30. The molecule has 0 amide bonds. The van der Waals surface area contributed by atoms with Crippen LogP contribution in [0.2, 0.25) is 0 Å². The maximum absolute atomic E-state index is 5.90. The van der Waals surface area contributed by atoms with Crippen molar-refractivity contribution in [2.75, 3.05) is 40.8 Å². The van der Waals surface area contributed by atoms with Crippen LogP contribution in [0.4, 0.5) is 0 Å². The Morgan fingerprint density at radius 3 is 2.67 bits per heavy atom. The van der Waals surface area contributed by atoms with Crippen LogP contribution in [0.1, 0.15) is 31.6 Å². The van der Waals surface area contributed by atoms with E-state index in [0.717, 1.165) is 31.1 Å². The molecule has 21 heavy (non-hydrogen) atoms. The molecular formula is C14H28N6O. The number of ether oxygens (including phenoxy) is 1. The van der Waals surface area contributed by atoms with Crippen LogP contribution in [0.25, 0.3) is 0 Å². The van der Waals surface area contributed by atoms with Crippen molar-refractivity contribution in [2.45, 2.75) is 32.0 Å². The molecule has 1 saturated heterocycles. The Morgan fingerprint density at radius 2 is 2.10 bits per heavy atom. The molecule has 2 rings (SSSR count). The first kappa shape index (κ1) is 16.2. The van der Waals surface area contributed by atoms with E-state index < -0.39 is 0 Å². The van der Waals surface area contributed by atoms with Crippen LogP contribution in [-0.2, 0) is 0 Å². The first-order valence-electron chi connectivity index (χ1n) is 7.45. The molecule has 3 N–H and O–H groups in total. The smallest absolute Gasteiger partial charge is 0.161 e. The Bertz CT molecular complexity index is 460. The number of likely N-dealkylation sites (N-methyl/N-ethyl adjacent to an activating group) is 2. The number of hydrazine groups is 1. The second kappa shape index (κ2) is 6.74. The number of aromatic nitrogens is 2. The third-order valence-corrected chi connectivity index (χ3v) is 4.27. The molecule has 2 atom stereocenters. The molecule has 2 unspecified atom stereocenters. The summed E-state index contributed by atoms with van der Waals surface area (Å²) in [6.07, 6.45) is 1.77. The topological polar surface area (TPSA) is 71.6 Å². The third-order valence-electron chi connectivity index (χ3n) is 4.27. The van der Waals surface area contributed by atoms with Crippen molar-refractivity contribution in [3.05, 3.63) is 11.9 Å². The fourth-order valence-electron chi connectivity index (χ4n) is 3.00. The molecule has 7 nitrogen and oxygen atoms in total. The summed E-state index contributed by atoms with van der Waals surface area (Å²) in [5.74, 6) is 6.69. The highest BCUT2D eigenvalue weighted by Gasteiger charge is 2.34. The van der Waals surface area contributed by atoms with Crippen molar-refractivity contribution in [3.8, 4) is 5.75 Å². The summed E-state index contributed by atoms with van der Waals surface area (Å²) in [4.78, 5) is 4.68. The minimum atomic E-state index is -0.0300. The quantitative estimate of drug-likeness (QED) is 0.598. The van der Waals surface area contributed by atoms with Gasteiger partial charge in [0.1, 0.15) is 5.69 Å². The molecule has 0 aliphatic carbocycles. The van der Waals surface area contributed by atoms with Gasteiger partial charge >= 0.3 is 0 Å². The molecule has 0 radical (unpaired) electrons. The van der Waals surface area contributed by atoms with Crippen molar-refractivity contribution in [2.24, 2.45) is 5.84 Å². The first-order chi connectivity index (χ1) is 9.99. The predicted molar refractivity (Wildman–Crippen MR) is 83.1 cm³/mol. The number of hydrogen-bond acceptors (Lipinski definition) is 6. The minimum Gasteiger partial charge on any atom is -0.493 e. The average molecular weight is 296 g/mol. The molecule has 1 aromatic rings. The van der Waals surface area contributed by atoms with E-state index in [0.29, 0.717) is 0 Å². The van der Waals surface area contributed by atoms with Gasteiger partial charge in [-0.25, -0.2) is 5.43 Å². The molecule has 7 heteroatoms. The van der Waals surface area contributed by atoms with Crippen LogP contribution < -0.4 is 16.0 Å². The number of hydrogen-bond donors (Lipinski definition) is 2. The zero-order chi connectivity index (χ0) is 15.6. The molecule has 120 valence electrons. The standard InChI is InChI=1S/C14H28N6O/c1-10(2)20-14(12(21-5)8-16-20)13(17-15)11-9-18(3)6-7-19(11)4/h8,10-11,13,17H,6-7,9,15H2,1-5H3. The van der Waals surface area contributed by atoms with Crippen LogP contribution in [0.15, 0.2) is 6.20 Å². The summed E-state index contributed by atoms with van der Waals surface area (Å²) in [6, 6.07) is 0.501. The second-order valence-corrected chi connectivity index (χ2v) is 6.09. The summed E-state index contributed by atoms with van der Waals surface area (Å²) in [7, 11) is 5.96. The van der Waals surface area contributed by atoms with Crippen LogP contribution in [-0.4, -0.2) is 66.5 Å². The molecule has 0 saturated carbocycles. The number of nitrogens with two attached hydrogens (primary N) is 1. The molecule has 1 aliphatic rings. The number of piperazine rings is 1. The number of nitrogens with one attached hydrogen (secondary N) is 1. The SMILES string of the molecule is COc1cnn(C(C)C)c1C(NN)C1CN(C)CCN1C. The minimum absolute atomic E-state index is 0.0300. The lowest BCUT2D eigenvalue weighted by molar-refractivity contribution is 0.0841. The molecule has 0 bridgehead atoms. The van der Waals surface area contributed by atoms with E-state index in [9.17, 15) is 0 Å². The summed E-state index contributed by atoms with van der Waals surface area (Å²) in [6.45, 7) is 7.28. The monoisotopic (exact) mass is 296 g/mol. The van der Waals surface area contributed by atoms with E-state index in [4.69, 9.17) is 10.6 Å². The molecular weight excluding hydrogens is 268 g/mol. The first-order valence-corrected chi connectivity index (χ1v) is 7.45. The summed E-state index contributed by atoms with van der Waals surface area (Å²) < 4.78 is 7.49. The van der Waals surface area contributed by atoms with E-state index in [1.807, 2.05) is 4.68 Å². The largest absolute Gasteiger partial charge is 0.493 e.